The van der Waals surface area contributed by atoms with Crippen molar-refractivity contribution in [3.05, 3.63) is 65.7 Å². The topological polar surface area (TPSA) is 27.7 Å². The van der Waals surface area contributed by atoms with E-state index in [-0.39, 0.29) is 6.10 Å². The highest BCUT2D eigenvalue weighted by molar-refractivity contribution is 7.80. The molecule has 1 aliphatic heterocycles. The van der Waals surface area contributed by atoms with Crippen LogP contribution in [0.4, 0.5) is 5.69 Å². The van der Waals surface area contributed by atoms with Gasteiger partial charge in [-0.05, 0) is 48.3 Å². The van der Waals surface area contributed by atoms with Crippen LogP contribution in [0.25, 0.3) is 0 Å². The Kier molecular flexibility index (Phi) is 7.07. The van der Waals surface area contributed by atoms with E-state index in [1.54, 1.807) is 0 Å². The summed E-state index contributed by atoms with van der Waals surface area (Å²) in [4.78, 5) is 4.35. The van der Waals surface area contributed by atoms with Crippen molar-refractivity contribution < 1.29 is 4.74 Å². The highest BCUT2D eigenvalue weighted by Crippen LogP contribution is 2.17. The Morgan fingerprint density at radius 3 is 2.44 bits per heavy atom. The number of thiocarbonyl (C=S) groups is 1. The predicted molar refractivity (Wildman–Crippen MR) is 116 cm³/mol. The lowest BCUT2D eigenvalue weighted by Crippen LogP contribution is -2.42. The van der Waals surface area contributed by atoms with Gasteiger partial charge in [0.1, 0.15) is 0 Å². The molecule has 0 bridgehead atoms. The smallest absolute Gasteiger partial charge is 0.169 e. The predicted octanol–water partition coefficient (Wildman–Crippen LogP) is 3.81. The molecule has 1 fully saturated rings. The molecule has 0 unspecified atom stereocenters. The molecule has 144 valence electrons. The van der Waals surface area contributed by atoms with Gasteiger partial charge in [-0.15, -0.1) is 0 Å². The van der Waals surface area contributed by atoms with Crippen molar-refractivity contribution in [3.8, 4) is 0 Å². The van der Waals surface area contributed by atoms with Crippen molar-refractivity contribution in [2.24, 2.45) is 0 Å². The molecule has 0 spiro atoms. The molecule has 0 radical (unpaired) electrons. The Hall–Kier alpha value is -2.11. The second kappa shape index (κ2) is 9.72. The summed E-state index contributed by atoms with van der Waals surface area (Å²) < 4.78 is 5.85. The first-order chi connectivity index (χ1) is 13.1. The maximum atomic E-state index is 5.85. The summed E-state index contributed by atoms with van der Waals surface area (Å²) in [6, 6.07) is 19.0. The molecule has 27 heavy (non-hydrogen) atoms. The lowest BCUT2D eigenvalue weighted by Gasteiger charge is -2.28. The van der Waals surface area contributed by atoms with Crippen molar-refractivity contribution in [1.29, 1.82) is 0 Å². The van der Waals surface area contributed by atoms with E-state index < -0.39 is 0 Å². The largest absolute Gasteiger partial charge is 0.378 e. The fourth-order valence-electron chi connectivity index (χ4n) is 3.26. The van der Waals surface area contributed by atoms with E-state index in [9.17, 15) is 0 Å². The molecule has 5 heteroatoms. The van der Waals surface area contributed by atoms with Crippen LogP contribution < -0.4 is 10.2 Å². The van der Waals surface area contributed by atoms with Gasteiger partial charge in [-0.25, -0.2) is 0 Å². The molecule has 1 saturated heterocycles. The van der Waals surface area contributed by atoms with E-state index in [2.05, 4.69) is 77.7 Å². The Morgan fingerprint density at radius 1 is 1.07 bits per heavy atom. The van der Waals surface area contributed by atoms with Gasteiger partial charge in [0.05, 0.1) is 6.10 Å². The molecule has 0 aliphatic carbocycles. The molecule has 4 nitrogen and oxygen atoms in total. The number of nitrogens with one attached hydrogen (secondary N) is 1. The number of ether oxygens (including phenoxy) is 1. The zero-order valence-corrected chi connectivity index (χ0v) is 17.0. The molecule has 2 aromatic carbocycles. The monoisotopic (exact) mass is 383 g/mol. The van der Waals surface area contributed by atoms with Gasteiger partial charge in [-0.3, -0.25) is 0 Å². The second-order valence-corrected chi connectivity index (χ2v) is 7.61. The Morgan fingerprint density at radius 2 is 1.81 bits per heavy atom. The lowest BCUT2D eigenvalue weighted by molar-refractivity contribution is 0.0897. The summed E-state index contributed by atoms with van der Waals surface area (Å²) in [5, 5.41) is 4.20. The van der Waals surface area contributed by atoms with Crippen LogP contribution in [0.5, 0.6) is 0 Å². The normalized spacial score (nSPS) is 16.1. The first-order valence-electron chi connectivity index (χ1n) is 9.56. The third-order valence-electron chi connectivity index (χ3n) is 4.85. The third-order valence-corrected chi connectivity index (χ3v) is 5.25. The van der Waals surface area contributed by atoms with Gasteiger partial charge in [-0.1, -0.05) is 42.5 Å². The molecular weight excluding hydrogens is 354 g/mol. The van der Waals surface area contributed by atoms with E-state index in [1.807, 2.05) is 6.07 Å². The molecule has 0 amide bonds. The van der Waals surface area contributed by atoms with Crippen LogP contribution >= 0.6 is 12.2 Å². The summed E-state index contributed by atoms with van der Waals surface area (Å²) in [6.45, 7) is 3.21. The summed E-state index contributed by atoms with van der Waals surface area (Å²) in [5.41, 5.74) is 3.68. The van der Waals surface area contributed by atoms with E-state index in [0.717, 1.165) is 44.2 Å². The minimum absolute atomic E-state index is 0.266. The fourth-order valence-corrected chi connectivity index (χ4v) is 3.47. The maximum absolute atomic E-state index is 5.85. The van der Waals surface area contributed by atoms with Gasteiger partial charge in [0, 0.05) is 46.0 Å². The van der Waals surface area contributed by atoms with Crippen molar-refractivity contribution in [2.75, 3.05) is 32.1 Å². The van der Waals surface area contributed by atoms with Gasteiger partial charge in [0.25, 0.3) is 0 Å². The summed E-state index contributed by atoms with van der Waals surface area (Å²) in [5.74, 6) is 0. The number of rotatable bonds is 7. The van der Waals surface area contributed by atoms with Gasteiger partial charge in [0.15, 0.2) is 5.11 Å². The van der Waals surface area contributed by atoms with Gasteiger partial charge >= 0.3 is 0 Å². The van der Waals surface area contributed by atoms with Crippen LogP contribution in [0.3, 0.4) is 0 Å². The van der Waals surface area contributed by atoms with Crippen LogP contribution in [-0.4, -0.2) is 43.4 Å². The van der Waals surface area contributed by atoms with Gasteiger partial charge in [0.2, 0.25) is 0 Å². The number of anilines is 1. The van der Waals surface area contributed by atoms with Crippen LogP contribution in [0.15, 0.2) is 54.6 Å². The summed E-state index contributed by atoms with van der Waals surface area (Å²) >= 11 is 5.73. The van der Waals surface area contributed by atoms with Crippen LogP contribution in [0.2, 0.25) is 0 Å². The summed E-state index contributed by atoms with van der Waals surface area (Å²) in [6.07, 6.45) is 2.51. The molecule has 1 atom stereocenters. The molecule has 1 aliphatic rings. The molecule has 0 aromatic heterocycles. The number of hydrogen-bond donors (Lipinski definition) is 1. The van der Waals surface area contributed by atoms with E-state index >= 15 is 0 Å². The first kappa shape index (κ1) is 19.6. The molecule has 1 heterocycles. The van der Waals surface area contributed by atoms with E-state index in [4.69, 9.17) is 17.0 Å². The average molecular weight is 384 g/mol. The molecule has 1 N–H and O–H groups in total. The quantitative estimate of drug-likeness (QED) is 0.734. The van der Waals surface area contributed by atoms with Crippen LogP contribution in [0, 0.1) is 0 Å². The first-order valence-corrected chi connectivity index (χ1v) is 9.97. The van der Waals surface area contributed by atoms with E-state index in [0.29, 0.717) is 0 Å². The minimum atomic E-state index is 0.266. The van der Waals surface area contributed by atoms with Gasteiger partial charge in [-0.2, -0.15) is 0 Å². The molecule has 2 aromatic rings. The Labute approximate surface area is 168 Å². The Balaban J connectivity index is 1.64. The van der Waals surface area contributed by atoms with Crippen LogP contribution in [0.1, 0.15) is 24.0 Å². The lowest BCUT2D eigenvalue weighted by atomic mass is 10.1. The number of nitrogens with zero attached hydrogens (tertiary/aromatic N) is 2. The van der Waals surface area contributed by atoms with Gasteiger partial charge < -0.3 is 19.9 Å². The highest BCUT2D eigenvalue weighted by Gasteiger charge is 2.21. The number of benzene rings is 2. The highest BCUT2D eigenvalue weighted by atomic mass is 32.1. The third kappa shape index (κ3) is 5.94. The summed E-state index contributed by atoms with van der Waals surface area (Å²) in [7, 11) is 4.11. The zero-order chi connectivity index (χ0) is 19.1. The SMILES string of the molecule is CN(C)c1ccc(CN(C[C@@H]2CCCO2)C(=S)NCc2ccccc2)cc1. The van der Waals surface area contributed by atoms with Crippen molar-refractivity contribution >= 4 is 23.0 Å². The Bertz CT molecular complexity index is 712. The zero-order valence-electron chi connectivity index (χ0n) is 16.2. The maximum Gasteiger partial charge on any atom is 0.169 e. The molecular formula is C22H29N3OS. The van der Waals surface area contributed by atoms with Crippen molar-refractivity contribution in [3.63, 3.8) is 0 Å². The standard InChI is InChI=1S/C22H29N3OS/c1-24(2)20-12-10-19(11-13-20)16-25(17-21-9-6-14-26-21)22(27)23-15-18-7-4-3-5-8-18/h3-5,7-8,10-13,21H,6,9,14-17H2,1-2H3,(H,23,27)/t21-/m0/s1. The fraction of sp³-hybridized carbons (Fsp3) is 0.409. The van der Waals surface area contributed by atoms with E-state index in [1.165, 1.54) is 16.8 Å². The molecule has 0 saturated carbocycles. The minimum Gasteiger partial charge on any atom is -0.378 e. The van der Waals surface area contributed by atoms with Crippen molar-refractivity contribution in [2.45, 2.75) is 32.0 Å². The number of hydrogen-bond acceptors (Lipinski definition) is 3. The van der Waals surface area contributed by atoms with Crippen molar-refractivity contribution in [1.82, 2.24) is 10.2 Å². The second-order valence-electron chi connectivity index (χ2n) is 7.22. The molecule has 3 rings (SSSR count). The van der Waals surface area contributed by atoms with Crippen LogP contribution in [-0.2, 0) is 17.8 Å². The average Bonchev–Trinajstić information content (AvgIpc) is 3.20.